The molecule has 3 aromatic rings. The van der Waals surface area contributed by atoms with Gasteiger partial charge in [0.15, 0.2) is 40.7 Å². The van der Waals surface area contributed by atoms with Crippen LogP contribution >= 0.6 is 0 Å². The zero-order chi connectivity index (χ0) is 27.8. The van der Waals surface area contributed by atoms with Crippen molar-refractivity contribution in [2.45, 2.75) is 90.9 Å². The van der Waals surface area contributed by atoms with Crippen LogP contribution in [0.4, 0.5) is 36.4 Å². The van der Waals surface area contributed by atoms with Gasteiger partial charge in [-0.15, -0.1) is 0 Å². The highest BCUT2D eigenvalue weighted by Crippen LogP contribution is 2.35. The van der Waals surface area contributed by atoms with Crippen molar-refractivity contribution in [2.75, 3.05) is 18.0 Å². The number of hydrogen-bond acceptors (Lipinski definition) is 3. The van der Waals surface area contributed by atoms with Crippen molar-refractivity contribution in [1.82, 2.24) is 9.97 Å². The van der Waals surface area contributed by atoms with Crippen molar-refractivity contribution in [2.24, 2.45) is 0 Å². The lowest BCUT2D eigenvalue weighted by molar-refractivity contribution is 0.416. The first-order valence-electron chi connectivity index (χ1n) is 13.5. The number of benzene rings is 2. The maximum atomic E-state index is 15.7. The number of unbranched alkanes of at least 4 members (excludes halogenated alkanes) is 10. The van der Waals surface area contributed by atoms with Crippen molar-refractivity contribution in [3.63, 3.8) is 0 Å². The molecule has 0 aliphatic rings. The lowest BCUT2D eigenvalue weighted by Gasteiger charge is -2.26. The van der Waals surface area contributed by atoms with Gasteiger partial charge in [-0.3, -0.25) is 0 Å². The average molecular weight is 546 g/mol. The van der Waals surface area contributed by atoms with E-state index in [0.29, 0.717) is 12.8 Å². The number of rotatable bonds is 15. The van der Waals surface area contributed by atoms with E-state index in [1.807, 2.05) is 0 Å². The van der Waals surface area contributed by atoms with E-state index in [2.05, 4.69) is 23.8 Å². The van der Waals surface area contributed by atoms with Gasteiger partial charge in [0.2, 0.25) is 0 Å². The van der Waals surface area contributed by atoms with Crippen molar-refractivity contribution in [1.29, 1.82) is 0 Å². The monoisotopic (exact) mass is 545 g/mol. The number of halogens is 7. The van der Waals surface area contributed by atoms with E-state index in [0.717, 1.165) is 64.2 Å². The number of nitrogens with zero attached hydrogens (tertiary/aromatic N) is 3. The van der Waals surface area contributed by atoms with Crippen LogP contribution in [0, 0.1) is 40.7 Å². The Labute approximate surface area is 218 Å². The molecule has 0 aliphatic heterocycles. The second-order valence-electron chi connectivity index (χ2n) is 9.69. The Morgan fingerprint density at radius 1 is 0.421 bits per heavy atom. The number of hydrogen-bond donors (Lipinski definition) is 0. The third-order valence-electron chi connectivity index (χ3n) is 6.79. The van der Waals surface area contributed by atoms with E-state index in [-0.39, 0.29) is 13.1 Å². The second-order valence-corrected chi connectivity index (χ2v) is 9.69. The molecule has 0 N–H and O–H groups in total. The van der Waals surface area contributed by atoms with Gasteiger partial charge in [0.05, 0.1) is 0 Å². The molecule has 1 heterocycles. The molecule has 3 nitrogen and oxygen atoms in total. The number of anilines is 1. The van der Waals surface area contributed by atoms with Gasteiger partial charge in [0.25, 0.3) is 0 Å². The van der Waals surface area contributed by atoms with Crippen molar-refractivity contribution < 1.29 is 30.7 Å². The van der Waals surface area contributed by atoms with Crippen LogP contribution in [-0.2, 0) is 0 Å². The molecule has 0 unspecified atom stereocenters. The standard InChI is InChI=1S/C28H34F7N3/c1-3-5-7-9-11-13-15-38(16-14-12-10-8-6-4-2)28-22(34)21(33)26-27(23(28)35)37-25-20(32)18(30)17(29)19(31)24(25)36-26/h3-16H2,1-2H3. The topological polar surface area (TPSA) is 29.0 Å². The van der Waals surface area contributed by atoms with Crippen LogP contribution in [0.15, 0.2) is 0 Å². The highest BCUT2D eigenvalue weighted by atomic mass is 19.2. The summed E-state index contributed by atoms with van der Waals surface area (Å²) in [6.45, 7) is 4.70. The zero-order valence-corrected chi connectivity index (χ0v) is 21.9. The van der Waals surface area contributed by atoms with Crippen LogP contribution in [0.25, 0.3) is 22.1 Å². The highest BCUT2D eigenvalue weighted by Gasteiger charge is 2.29. The molecule has 210 valence electrons. The quantitative estimate of drug-likeness (QED) is 0.0627. The van der Waals surface area contributed by atoms with Gasteiger partial charge in [0, 0.05) is 13.1 Å². The summed E-state index contributed by atoms with van der Waals surface area (Å²) in [6.07, 6.45) is 11.2. The summed E-state index contributed by atoms with van der Waals surface area (Å²) in [6, 6.07) is 0. The molecular formula is C28H34F7N3. The summed E-state index contributed by atoms with van der Waals surface area (Å²) < 4.78 is 102. The smallest absolute Gasteiger partial charge is 0.199 e. The fraction of sp³-hybridized carbons (Fsp3) is 0.571. The molecule has 0 saturated heterocycles. The molecule has 10 heteroatoms. The normalized spacial score (nSPS) is 11.7. The Bertz CT molecular complexity index is 1230. The molecule has 0 atom stereocenters. The molecule has 3 rings (SSSR count). The molecule has 0 aliphatic carbocycles. The Kier molecular flexibility index (Phi) is 11.0. The van der Waals surface area contributed by atoms with Gasteiger partial charge in [-0.2, -0.15) is 0 Å². The van der Waals surface area contributed by atoms with Gasteiger partial charge in [-0.1, -0.05) is 78.1 Å². The molecule has 0 amide bonds. The summed E-state index contributed by atoms with van der Waals surface area (Å²) in [5.74, 6) is -12.6. The molecule has 2 aromatic carbocycles. The van der Waals surface area contributed by atoms with Crippen LogP contribution in [0.2, 0.25) is 0 Å². The molecule has 38 heavy (non-hydrogen) atoms. The Morgan fingerprint density at radius 3 is 1.18 bits per heavy atom. The lowest BCUT2D eigenvalue weighted by Crippen LogP contribution is -2.28. The molecule has 0 fully saturated rings. The fourth-order valence-corrected chi connectivity index (χ4v) is 4.64. The minimum absolute atomic E-state index is 0.254. The summed E-state index contributed by atoms with van der Waals surface area (Å²) in [5, 5.41) is 0. The fourth-order valence-electron chi connectivity index (χ4n) is 4.64. The van der Waals surface area contributed by atoms with E-state index in [4.69, 9.17) is 0 Å². The van der Waals surface area contributed by atoms with Gasteiger partial charge >= 0.3 is 0 Å². The zero-order valence-electron chi connectivity index (χ0n) is 21.9. The summed E-state index contributed by atoms with van der Waals surface area (Å²) in [4.78, 5) is 8.38. The lowest BCUT2D eigenvalue weighted by atomic mass is 10.1. The maximum absolute atomic E-state index is 15.7. The summed E-state index contributed by atoms with van der Waals surface area (Å²) >= 11 is 0. The third-order valence-corrected chi connectivity index (χ3v) is 6.79. The first-order valence-corrected chi connectivity index (χ1v) is 13.5. The Morgan fingerprint density at radius 2 is 0.763 bits per heavy atom. The second kappa shape index (κ2) is 13.9. The molecular weight excluding hydrogens is 511 g/mol. The predicted molar refractivity (Wildman–Crippen MR) is 136 cm³/mol. The minimum Gasteiger partial charge on any atom is -0.367 e. The third kappa shape index (κ3) is 6.49. The number of fused-ring (bicyclic) bond motifs is 2. The minimum atomic E-state index is -2.18. The van der Waals surface area contributed by atoms with Crippen molar-refractivity contribution in [3.8, 4) is 0 Å². The van der Waals surface area contributed by atoms with Gasteiger partial charge in [-0.25, -0.2) is 40.7 Å². The van der Waals surface area contributed by atoms with E-state index < -0.39 is 68.5 Å². The molecule has 0 bridgehead atoms. The SMILES string of the molecule is CCCCCCCCN(CCCCCCCC)c1c(F)c(F)c2nc3c(F)c(F)c(F)c(F)c3nc2c1F. The van der Waals surface area contributed by atoms with E-state index in [9.17, 15) is 17.6 Å². The van der Waals surface area contributed by atoms with E-state index in [1.165, 1.54) is 4.90 Å². The van der Waals surface area contributed by atoms with Gasteiger partial charge < -0.3 is 4.90 Å². The van der Waals surface area contributed by atoms with Crippen LogP contribution in [0.3, 0.4) is 0 Å². The van der Waals surface area contributed by atoms with Crippen LogP contribution < -0.4 is 4.90 Å². The van der Waals surface area contributed by atoms with Crippen LogP contribution in [0.5, 0.6) is 0 Å². The first kappa shape index (κ1) is 29.9. The number of aromatic nitrogens is 2. The van der Waals surface area contributed by atoms with E-state index >= 15 is 13.2 Å². The van der Waals surface area contributed by atoms with Crippen LogP contribution in [-0.4, -0.2) is 23.1 Å². The highest BCUT2D eigenvalue weighted by molar-refractivity contribution is 5.90. The summed E-state index contributed by atoms with van der Waals surface area (Å²) in [7, 11) is 0. The van der Waals surface area contributed by atoms with Crippen molar-refractivity contribution >= 4 is 27.8 Å². The maximum Gasteiger partial charge on any atom is 0.199 e. The van der Waals surface area contributed by atoms with E-state index in [1.54, 1.807) is 0 Å². The van der Waals surface area contributed by atoms with Crippen LogP contribution in [0.1, 0.15) is 90.9 Å². The predicted octanol–water partition coefficient (Wildman–Crippen LogP) is 9.28. The Balaban J connectivity index is 2.01. The van der Waals surface area contributed by atoms with Crippen molar-refractivity contribution in [3.05, 3.63) is 40.7 Å². The molecule has 0 saturated carbocycles. The molecule has 0 radical (unpaired) electrons. The largest absolute Gasteiger partial charge is 0.367 e. The first-order chi connectivity index (χ1) is 18.2. The molecule has 1 aromatic heterocycles. The van der Waals surface area contributed by atoms with Gasteiger partial charge in [-0.05, 0) is 12.8 Å². The average Bonchev–Trinajstić information content (AvgIpc) is 2.92. The molecule has 0 spiro atoms. The Hall–Kier alpha value is -2.65. The van der Waals surface area contributed by atoms with Gasteiger partial charge in [0.1, 0.15) is 27.8 Å². The summed E-state index contributed by atoms with van der Waals surface area (Å²) in [5.41, 5.74) is -4.85.